The number of pyridine rings is 1. The molecule has 2 aromatic rings. The first-order valence-electron chi connectivity index (χ1n) is 7.82. The topological polar surface area (TPSA) is 88.2 Å². The molecule has 3 rings (SSSR count). The lowest BCUT2D eigenvalue weighted by molar-refractivity contribution is 0.102. The number of amides is 1. The molecule has 1 aliphatic heterocycles. The van der Waals surface area contributed by atoms with Gasteiger partial charge in [0.15, 0.2) is 9.84 Å². The maximum atomic E-state index is 12.4. The number of sulfone groups is 1. The fraction of sp³-hybridized carbons (Fsp3) is 0.294. The zero-order valence-corrected chi connectivity index (χ0v) is 15.2. The van der Waals surface area contributed by atoms with Crippen LogP contribution in [-0.4, -0.2) is 36.9 Å². The average molecular weight is 380 g/mol. The summed E-state index contributed by atoms with van der Waals surface area (Å²) in [7, 11) is -2.97. The lowest BCUT2D eigenvalue weighted by Gasteiger charge is -2.13. The van der Waals surface area contributed by atoms with Crippen molar-refractivity contribution in [3.63, 3.8) is 0 Å². The number of hydrogen-bond donors (Lipinski definition) is 2. The molecule has 1 fully saturated rings. The maximum absolute atomic E-state index is 12.4. The minimum absolute atomic E-state index is 0.102. The van der Waals surface area contributed by atoms with Gasteiger partial charge in [0.05, 0.1) is 22.8 Å². The Morgan fingerprint density at radius 3 is 2.72 bits per heavy atom. The second-order valence-corrected chi connectivity index (χ2v) is 8.76. The first-order chi connectivity index (χ1) is 11.8. The second-order valence-electron chi connectivity index (χ2n) is 6.12. The zero-order chi connectivity index (χ0) is 18.0. The third kappa shape index (κ3) is 4.49. The number of carbonyl (C=O) groups is 1. The Morgan fingerprint density at radius 1 is 1.24 bits per heavy atom. The van der Waals surface area contributed by atoms with Crippen molar-refractivity contribution in [2.24, 2.45) is 0 Å². The summed E-state index contributed by atoms with van der Waals surface area (Å²) in [4.78, 5) is 16.4. The molecular formula is C17H18ClN3O3S. The van der Waals surface area contributed by atoms with Gasteiger partial charge in [-0.05, 0) is 37.1 Å². The van der Waals surface area contributed by atoms with E-state index < -0.39 is 9.84 Å². The van der Waals surface area contributed by atoms with Gasteiger partial charge in [-0.1, -0.05) is 17.7 Å². The minimum atomic E-state index is -2.97. The highest BCUT2D eigenvalue weighted by molar-refractivity contribution is 7.91. The van der Waals surface area contributed by atoms with E-state index in [0.29, 0.717) is 28.4 Å². The molecule has 0 bridgehead atoms. The Labute approximate surface area is 151 Å². The first kappa shape index (κ1) is 17.7. The molecule has 25 heavy (non-hydrogen) atoms. The molecule has 1 aromatic heterocycles. The molecule has 6 nitrogen and oxygen atoms in total. The van der Waals surface area contributed by atoms with E-state index in [1.54, 1.807) is 24.4 Å². The summed E-state index contributed by atoms with van der Waals surface area (Å²) in [6, 6.07) is 6.80. The van der Waals surface area contributed by atoms with Crippen molar-refractivity contribution in [2.75, 3.05) is 22.1 Å². The molecule has 1 saturated heterocycles. The summed E-state index contributed by atoms with van der Waals surface area (Å²) in [5.74, 6) is -0.0207. The number of nitrogens with zero attached hydrogens (tertiary/aromatic N) is 1. The Balaban J connectivity index is 1.70. The van der Waals surface area contributed by atoms with Gasteiger partial charge in [-0.2, -0.15) is 0 Å². The first-order valence-corrected chi connectivity index (χ1v) is 10.0. The number of hydrogen-bond acceptors (Lipinski definition) is 5. The molecule has 0 spiro atoms. The predicted molar refractivity (Wildman–Crippen MR) is 99.1 cm³/mol. The predicted octanol–water partition coefficient (Wildman–Crippen LogP) is 2.89. The van der Waals surface area contributed by atoms with E-state index in [-0.39, 0.29) is 23.5 Å². The van der Waals surface area contributed by atoms with E-state index >= 15 is 0 Å². The molecule has 1 amide bonds. The molecule has 132 valence electrons. The van der Waals surface area contributed by atoms with Gasteiger partial charge < -0.3 is 10.6 Å². The Morgan fingerprint density at radius 2 is 2.04 bits per heavy atom. The van der Waals surface area contributed by atoms with Gasteiger partial charge in [0.2, 0.25) is 0 Å². The SMILES string of the molecule is Cc1ccc(NC(=O)c2cncc(NC3CCS(=O)(=O)C3)c2)cc1Cl. The number of nitrogens with one attached hydrogen (secondary N) is 2. The summed E-state index contributed by atoms with van der Waals surface area (Å²) in [5.41, 5.74) is 2.53. The van der Waals surface area contributed by atoms with Gasteiger partial charge in [0.25, 0.3) is 5.91 Å². The highest BCUT2D eigenvalue weighted by atomic mass is 35.5. The standard InChI is InChI=1S/C17H18ClN3O3S/c1-11-2-3-13(7-16(11)18)21-17(22)12-6-15(9-19-8-12)20-14-4-5-25(23,24)10-14/h2-3,6-9,14,20H,4-5,10H2,1H3,(H,21,22). The van der Waals surface area contributed by atoms with Crippen LogP contribution in [0.4, 0.5) is 11.4 Å². The molecule has 1 atom stereocenters. The fourth-order valence-electron chi connectivity index (χ4n) is 2.66. The van der Waals surface area contributed by atoms with E-state index in [2.05, 4.69) is 15.6 Å². The molecule has 8 heteroatoms. The van der Waals surface area contributed by atoms with Crippen LogP contribution in [0.15, 0.2) is 36.7 Å². The summed E-state index contributed by atoms with van der Waals surface area (Å²) in [6.07, 6.45) is 3.59. The fourth-order valence-corrected chi connectivity index (χ4v) is 4.52. The number of halogens is 1. The molecule has 2 N–H and O–H groups in total. The normalized spacial score (nSPS) is 18.7. The van der Waals surface area contributed by atoms with Crippen molar-refractivity contribution in [2.45, 2.75) is 19.4 Å². The minimum Gasteiger partial charge on any atom is -0.380 e. The number of aromatic nitrogens is 1. The lowest BCUT2D eigenvalue weighted by atomic mass is 10.2. The second kappa shape index (κ2) is 7.01. The molecule has 0 aliphatic carbocycles. The molecule has 1 aliphatic rings. The third-order valence-corrected chi connectivity index (χ3v) is 6.21. The average Bonchev–Trinajstić information content (AvgIpc) is 2.90. The molecule has 0 saturated carbocycles. The van der Waals surface area contributed by atoms with Crippen molar-refractivity contribution < 1.29 is 13.2 Å². The number of rotatable bonds is 4. The van der Waals surface area contributed by atoms with Crippen molar-refractivity contribution in [1.82, 2.24) is 4.98 Å². The van der Waals surface area contributed by atoms with Crippen LogP contribution in [0.2, 0.25) is 5.02 Å². The van der Waals surface area contributed by atoms with Gasteiger partial charge in [0, 0.05) is 29.1 Å². The highest BCUT2D eigenvalue weighted by Crippen LogP contribution is 2.21. The van der Waals surface area contributed by atoms with Crippen LogP contribution < -0.4 is 10.6 Å². The Kier molecular flexibility index (Phi) is 4.96. The van der Waals surface area contributed by atoms with Crippen LogP contribution >= 0.6 is 11.6 Å². The Hall–Kier alpha value is -2.12. The van der Waals surface area contributed by atoms with Crippen molar-refractivity contribution in [3.05, 3.63) is 52.8 Å². The van der Waals surface area contributed by atoms with Crippen molar-refractivity contribution in [3.8, 4) is 0 Å². The summed E-state index contributed by atoms with van der Waals surface area (Å²) < 4.78 is 23.1. The van der Waals surface area contributed by atoms with E-state index in [1.807, 2.05) is 13.0 Å². The van der Waals surface area contributed by atoms with Crippen LogP contribution in [0.25, 0.3) is 0 Å². The van der Waals surface area contributed by atoms with Gasteiger partial charge in [-0.25, -0.2) is 8.42 Å². The largest absolute Gasteiger partial charge is 0.380 e. The zero-order valence-electron chi connectivity index (χ0n) is 13.6. The maximum Gasteiger partial charge on any atom is 0.257 e. The summed E-state index contributed by atoms with van der Waals surface area (Å²) in [5, 5.41) is 6.48. The molecule has 0 radical (unpaired) electrons. The molecule has 1 aromatic carbocycles. The highest BCUT2D eigenvalue weighted by Gasteiger charge is 2.27. The van der Waals surface area contributed by atoms with Gasteiger partial charge in [-0.15, -0.1) is 0 Å². The van der Waals surface area contributed by atoms with Crippen LogP contribution in [0.1, 0.15) is 22.3 Å². The molecular weight excluding hydrogens is 362 g/mol. The third-order valence-electron chi connectivity index (χ3n) is 4.03. The van der Waals surface area contributed by atoms with E-state index in [4.69, 9.17) is 11.6 Å². The number of benzene rings is 1. The Bertz CT molecular complexity index is 915. The number of aryl methyl sites for hydroxylation is 1. The van der Waals surface area contributed by atoms with Gasteiger partial charge >= 0.3 is 0 Å². The van der Waals surface area contributed by atoms with E-state index in [9.17, 15) is 13.2 Å². The lowest BCUT2D eigenvalue weighted by Crippen LogP contribution is -2.21. The van der Waals surface area contributed by atoms with E-state index in [1.165, 1.54) is 6.20 Å². The smallest absolute Gasteiger partial charge is 0.257 e. The number of carbonyl (C=O) groups excluding carboxylic acids is 1. The molecule has 2 heterocycles. The van der Waals surface area contributed by atoms with Crippen molar-refractivity contribution in [1.29, 1.82) is 0 Å². The number of anilines is 2. The van der Waals surface area contributed by atoms with Crippen LogP contribution in [0, 0.1) is 6.92 Å². The van der Waals surface area contributed by atoms with Crippen LogP contribution in [0.5, 0.6) is 0 Å². The monoisotopic (exact) mass is 379 g/mol. The quantitative estimate of drug-likeness (QED) is 0.852. The van der Waals surface area contributed by atoms with Crippen LogP contribution in [-0.2, 0) is 9.84 Å². The van der Waals surface area contributed by atoms with Crippen LogP contribution in [0.3, 0.4) is 0 Å². The van der Waals surface area contributed by atoms with Gasteiger partial charge in [0.1, 0.15) is 0 Å². The van der Waals surface area contributed by atoms with Gasteiger partial charge in [-0.3, -0.25) is 9.78 Å². The molecule has 1 unspecified atom stereocenters. The van der Waals surface area contributed by atoms with E-state index in [0.717, 1.165) is 5.56 Å². The summed E-state index contributed by atoms with van der Waals surface area (Å²) >= 11 is 6.06. The summed E-state index contributed by atoms with van der Waals surface area (Å²) in [6.45, 7) is 1.89. The van der Waals surface area contributed by atoms with Crippen molar-refractivity contribution >= 4 is 38.7 Å².